The molecule has 2 heteroatoms. The third-order valence-corrected chi connectivity index (χ3v) is 1.92. The van der Waals surface area contributed by atoms with E-state index in [0.717, 1.165) is 0 Å². The molecule has 0 amide bonds. The van der Waals surface area contributed by atoms with E-state index in [-0.39, 0.29) is 21.5 Å². The second-order valence-corrected chi connectivity index (χ2v) is 3.72. The molecule has 1 unspecified atom stereocenters. The molecule has 0 aromatic rings. The number of hydrogen-bond acceptors (Lipinski definition) is 1. The maximum absolute atomic E-state index is 5.37. The second kappa shape index (κ2) is 4.41. The molecular formula is C5H9IN-. The van der Waals surface area contributed by atoms with Gasteiger partial charge in [0.15, 0.2) is 0 Å². The van der Waals surface area contributed by atoms with Crippen LogP contribution in [0.3, 0.4) is 0 Å². The first-order chi connectivity index (χ1) is 3.31. The van der Waals surface area contributed by atoms with Crippen molar-refractivity contribution in [2.24, 2.45) is 3.95 Å². The van der Waals surface area contributed by atoms with Crippen molar-refractivity contribution >= 4 is 0 Å². The van der Waals surface area contributed by atoms with Gasteiger partial charge in [0.2, 0.25) is 0 Å². The van der Waals surface area contributed by atoms with Crippen LogP contribution in [-0.2, 0) is 0 Å². The van der Waals surface area contributed by atoms with Crippen LogP contribution in [0.2, 0.25) is 0 Å². The summed E-state index contributed by atoms with van der Waals surface area (Å²) in [6.07, 6.45) is 0. The van der Waals surface area contributed by atoms with Gasteiger partial charge in [0.25, 0.3) is 0 Å². The van der Waals surface area contributed by atoms with Gasteiger partial charge >= 0.3 is 55.0 Å². The first-order valence-electron chi connectivity index (χ1n) is 2.05. The molecule has 0 saturated carbocycles. The molecule has 1 atom stereocenters. The van der Waals surface area contributed by atoms with Crippen molar-refractivity contribution in [3.8, 4) is 11.8 Å². The predicted molar refractivity (Wildman–Crippen MR) is 27.1 cm³/mol. The fourth-order valence-corrected chi connectivity index (χ4v) is 0.722. The van der Waals surface area contributed by atoms with Gasteiger partial charge in [-0.15, -0.1) is 0 Å². The van der Waals surface area contributed by atoms with Crippen LogP contribution < -0.4 is 25.4 Å². The standard InChI is InChI=1S/C5H9IN/c1-3-4-5(2)6-7/h5H,7H2,1-2H3/q-1. The van der Waals surface area contributed by atoms with E-state index in [0.29, 0.717) is 3.92 Å². The normalized spacial score (nSPS) is 12.4. The van der Waals surface area contributed by atoms with Crippen LogP contribution in [0.15, 0.2) is 0 Å². The molecule has 0 aromatic heterocycles. The Morgan fingerprint density at radius 2 is 2.29 bits per heavy atom. The van der Waals surface area contributed by atoms with Crippen LogP contribution in [0.4, 0.5) is 0 Å². The van der Waals surface area contributed by atoms with E-state index in [4.69, 9.17) is 3.95 Å². The minimum atomic E-state index is -0.135. The molecule has 0 saturated heterocycles. The molecule has 0 aromatic carbocycles. The van der Waals surface area contributed by atoms with Gasteiger partial charge in [0.1, 0.15) is 0 Å². The predicted octanol–water partition coefficient (Wildman–Crippen LogP) is -2.64. The first kappa shape index (κ1) is 7.25. The van der Waals surface area contributed by atoms with Gasteiger partial charge in [-0.25, -0.2) is 0 Å². The van der Waals surface area contributed by atoms with Crippen molar-refractivity contribution in [2.45, 2.75) is 17.8 Å². The van der Waals surface area contributed by atoms with Crippen LogP contribution in [-0.4, -0.2) is 3.92 Å². The molecule has 1 nitrogen and oxygen atoms in total. The van der Waals surface area contributed by atoms with Crippen LogP contribution in [0.1, 0.15) is 13.8 Å². The number of hydrogen-bond donors (Lipinski definition) is 1. The Kier molecular flexibility index (Phi) is 4.57. The topological polar surface area (TPSA) is 26.0 Å². The number of halogens is 1. The molecule has 0 fully saturated rings. The molecular weight excluding hydrogens is 201 g/mol. The first-order valence-corrected chi connectivity index (χ1v) is 4.54. The van der Waals surface area contributed by atoms with Crippen molar-refractivity contribution < 1.29 is 21.5 Å². The van der Waals surface area contributed by atoms with Gasteiger partial charge in [-0.3, -0.25) is 0 Å². The molecule has 0 aliphatic rings. The van der Waals surface area contributed by atoms with Crippen LogP contribution in [0, 0.1) is 11.8 Å². The van der Waals surface area contributed by atoms with Gasteiger partial charge in [0, 0.05) is 0 Å². The fourth-order valence-electron chi connectivity index (χ4n) is 0.230. The van der Waals surface area contributed by atoms with Gasteiger partial charge in [-0.2, -0.15) is 0 Å². The summed E-state index contributed by atoms with van der Waals surface area (Å²) in [6, 6.07) is 0. The Morgan fingerprint density at radius 3 is 2.43 bits per heavy atom. The zero-order valence-electron chi connectivity index (χ0n) is 4.53. The molecule has 0 bridgehead atoms. The zero-order chi connectivity index (χ0) is 5.70. The summed E-state index contributed by atoms with van der Waals surface area (Å²) in [5, 5.41) is 0. The Hall–Kier alpha value is 0.250. The monoisotopic (exact) mass is 210 g/mol. The minimum absolute atomic E-state index is 0.135. The Morgan fingerprint density at radius 1 is 1.71 bits per heavy atom. The number of rotatable bonds is 1. The summed E-state index contributed by atoms with van der Waals surface area (Å²) in [6.45, 7) is 3.90. The molecule has 2 N–H and O–H groups in total. The van der Waals surface area contributed by atoms with E-state index < -0.39 is 0 Å². The number of alkyl halides is 1. The van der Waals surface area contributed by atoms with E-state index in [2.05, 4.69) is 18.8 Å². The maximum atomic E-state index is 5.37. The summed E-state index contributed by atoms with van der Waals surface area (Å²) in [5.41, 5.74) is 0. The van der Waals surface area contributed by atoms with Crippen molar-refractivity contribution in [3.05, 3.63) is 0 Å². The van der Waals surface area contributed by atoms with Gasteiger partial charge in [-0.1, -0.05) is 0 Å². The molecule has 42 valence electrons. The zero-order valence-corrected chi connectivity index (χ0v) is 6.69. The van der Waals surface area contributed by atoms with Crippen molar-refractivity contribution in [2.75, 3.05) is 0 Å². The fraction of sp³-hybridized carbons (Fsp3) is 0.600. The van der Waals surface area contributed by atoms with Gasteiger partial charge in [0.05, 0.1) is 0 Å². The van der Waals surface area contributed by atoms with Gasteiger partial charge < -0.3 is 0 Å². The average molecular weight is 210 g/mol. The van der Waals surface area contributed by atoms with Crippen molar-refractivity contribution in [3.63, 3.8) is 0 Å². The van der Waals surface area contributed by atoms with Crippen LogP contribution in [0.5, 0.6) is 0 Å². The SMILES string of the molecule is CC#CC(C)[I-]N. The Labute approximate surface area is 55.3 Å². The number of nitrogens with two attached hydrogens (primary N) is 1. The molecule has 0 heterocycles. The van der Waals surface area contributed by atoms with E-state index >= 15 is 0 Å². The molecule has 7 heavy (non-hydrogen) atoms. The van der Waals surface area contributed by atoms with Crippen molar-refractivity contribution in [1.82, 2.24) is 0 Å². The summed E-state index contributed by atoms with van der Waals surface area (Å²) in [5.74, 6) is 5.78. The Balaban J connectivity index is 3.29. The van der Waals surface area contributed by atoms with Crippen LogP contribution >= 0.6 is 0 Å². The molecule has 0 aliphatic carbocycles. The molecule has 0 rings (SSSR count). The average Bonchev–Trinajstić information content (AvgIpc) is 1.68. The quantitative estimate of drug-likeness (QED) is 0.218. The molecule has 0 spiro atoms. The van der Waals surface area contributed by atoms with Crippen molar-refractivity contribution in [1.29, 1.82) is 0 Å². The third-order valence-electron chi connectivity index (χ3n) is 0.532. The Bertz CT molecular complexity index is 90.0. The van der Waals surface area contributed by atoms with Crippen LogP contribution in [0.25, 0.3) is 0 Å². The van der Waals surface area contributed by atoms with Gasteiger partial charge in [-0.05, 0) is 0 Å². The summed E-state index contributed by atoms with van der Waals surface area (Å²) >= 11 is -0.135. The van der Waals surface area contributed by atoms with E-state index in [1.165, 1.54) is 0 Å². The second-order valence-electron chi connectivity index (χ2n) is 1.14. The third kappa shape index (κ3) is 4.10. The molecule has 0 radical (unpaired) electrons. The summed E-state index contributed by atoms with van der Waals surface area (Å²) in [4.78, 5) is 0. The van der Waals surface area contributed by atoms with E-state index in [9.17, 15) is 0 Å². The van der Waals surface area contributed by atoms with E-state index in [1.807, 2.05) is 6.92 Å². The summed E-state index contributed by atoms with van der Waals surface area (Å²) < 4.78 is 5.84. The van der Waals surface area contributed by atoms with E-state index in [1.54, 1.807) is 0 Å². The summed E-state index contributed by atoms with van der Waals surface area (Å²) in [7, 11) is 0. The molecule has 0 aliphatic heterocycles.